The van der Waals surface area contributed by atoms with E-state index in [1.807, 2.05) is 19.9 Å². The summed E-state index contributed by atoms with van der Waals surface area (Å²) < 4.78 is 4.92. The fourth-order valence-corrected chi connectivity index (χ4v) is 4.17. The molecule has 1 saturated heterocycles. The SMILES string of the molecule is CCOC(=O)NC(C(=O)NCc1ccccc1CN1CC(C)CC(C)C1)C(C)C. The monoisotopic (exact) mass is 403 g/mol. The Balaban J connectivity index is 1.99. The number of nitrogens with one attached hydrogen (secondary N) is 2. The molecule has 3 atom stereocenters. The molecule has 6 nitrogen and oxygen atoms in total. The number of nitrogens with zero attached hydrogens (tertiary/aromatic N) is 1. The van der Waals surface area contributed by atoms with Gasteiger partial charge in [0.1, 0.15) is 6.04 Å². The zero-order valence-electron chi connectivity index (χ0n) is 18.5. The van der Waals surface area contributed by atoms with Crippen LogP contribution >= 0.6 is 0 Å². The molecule has 2 amide bonds. The average molecular weight is 404 g/mol. The van der Waals surface area contributed by atoms with E-state index in [2.05, 4.69) is 47.6 Å². The minimum absolute atomic E-state index is 0.0361. The zero-order valence-corrected chi connectivity index (χ0v) is 18.5. The van der Waals surface area contributed by atoms with Crippen molar-refractivity contribution in [2.24, 2.45) is 17.8 Å². The molecule has 0 aliphatic carbocycles. The summed E-state index contributed by atoms with van der Waals surface area (Å²) in [5.41, 5.74) is 2.36. The van der Waals surface area contributed by atoms with Gasteiger partial charge in [-0.05, 0) is 42.2 Å². The molecule has 1 aliphatic rings. The largest absolute Gasteiger partial charge is 0.450 e. The van der Waals surface area contributed by atoms with Crippen molar-refractivity contribution >= 4 is 12.0 Å². The van der Waals surface area contributed by atoms with E-state index in [1.165, 1.54) is 12.0 Å². The van der Waals surface area contributed by atoms with Gasteiger partial charge in [0.25, 0.3) is 0 Å². The first-order chi connectivity index (χ1) is 13.8. The van der Waals surface area contributed by atoms with E-state index in [-0.39, 0.29) is 18.4 Å². The normalized spacial score (nSPS) is 20.9. The molecule has 0 saturated carbocycles. The van der Waals surface area contributed by atoms with Crippen LogP contribution in [0.1, 0.15) is 52.2 Å². The summed E-state index contributed by atoms with van der Waals surface area (Å²) in [7, 11) is 0. The van der Waals surface area contributed by atoms with Gasteiger partial charge in [0.15, 0.2) is 0 Å². The van der Waals surface area contributed by atoms with Crippen molar-refractivity contribution in [3.8, 4) is 0 Å². The molecule has 1 aromatic rings. The Morgan fingerprint density at radius 3 is 2.34 bits per heavy atom. The van der Waals surface area contributed by atoms with Gasteiger partial charge in [-0.1, -0.05) is 52.0 Å². The highest BCUT2D eigenvalue weighted by Gasteiger charge is 2.25. The lowest BCUT2D eigenvalue weighted by Crippen LogP contribution is -2.49. The Hall–Kier alpha value is -2.08. The average Bonchev–Trinajstić information content (AvgIpc) is 2.64. The van der Waals surface area contributed by atoms with E-state index in [0.717, 1.165) is 25.2 Å². The molecular weight excluding hydrogens is 366 g/mol. The standard InChI is InChI=1S/C23H37N3O3/c1-6-29-23(28)25-21(16(2)3)22(27)24-12-19-9-7-8-10-20(19)15-26-13-17(4)11-18(5)14-26/h7-10,16-18,21H,6,11-15H2,1-5H3,(H,24,27)(H,25,28). The Labute approximate surface area is 175 Å². The summed E-state index contributed by atoms with van der Waals surface area (Å²) in [4.78, 5) is 27.0. The number of ether oxygens (including phenoxy) is 1. The molecule has 2 rings (SSSR count). The maximum atomic E-state index is 12.7. The number of amides is 2. The van der Waals surface area contributed by atoms with E-state index < -0.39 is 12.1 Å². The van der Waals surface area contributed by atoms with Crippen LogP contribution < -0.4 is 10.6 Å². The maximum absolute atomic E-state index is 12.7. The lowest BCUT2D eigenvalue weighted by molar-refractivity contribution is -0.124. The van der Waals surface area contributed by atoms with Crippen LogP contribution in [0.15, 0.2) is 24.3 Å². The zero-order chi connectivity index (χ0) is 21.4. The fourth-order valence-electron chi connectivity index (χ4n) is 4.17. The number of alkyl carbamates (subject to hydrolysis) is 1. The van der Waals surface area contributed by atoms with E-state index in [0.29, 0.717) is 18.4 Å². The topological polar surface area (TPSA) is 70.7 Å². The van der Waals surface area contributed by atoms with Crippen LogP contribution in [-0.2, 0) is 22.6 Å². The van der Waals surface area contributed by atoms with E-state index in [9.17, 15) is 9.59 Å². The number of piperidine rings is 1. The molecule has 6 heteroatoms. The van der Waals surface area contributed by atoms with Gasteiger partial charge in [-0.25, -0.2) is 4.79 Å². The Kier molecular flexibility index (Phi) is 8.96. The molecule has 1 fully saturated rings. The summed E-state index contributed by atoms with van der Waals surface area (Å²) in [6, 6.07) is 7.64. The molecule has 0 aromatic heterocycles. The van der Waals surface area contributed by atoms with Crippen molar-refractivity contribution in [2.45, 2.75) is 60.2 Å². The predicted molar refractivity (Wildman–Crippen MR) is 115 cm³/mol. The summed E-state index contributed by atoms with van der Waals surface area (Å²) in [5, 5.41) is 5.66. The van der Waals surface area contributed by atoms with Crippen LogP contribution in [0.4, 0.5) is 4.79 Å². The summed E-state index contributed by atoms with van der Waals surface area (Å²) in [5.74, 6) is 1.20. The van der Waals surface area contributed by atoms with E-state index in [4.69, 9.17) is 4.74 Å². The molecule has 162 valence electrons. The van der Waals surface area contributed by atoms with Crippen LogP contribution in [0.2, 0.25) is 0 Å². The van der Waals surface area contributed by atoms with Gasteiger partial charge in [-0.3, -0.25) is 9.69 Å². The van der Waals surface area contributed by atoms with E-state index in [1.54, 1.807) is 6.92 Å². The van der Waals surface area contributed by atoms with Crippen molar-refractivity contribution < 1.29 is 14.3 Å². The van der Waals surface area contributed by atoms with Crippen molar-refractivity contribution in [3.05, 3.63) is 35.4 Å². The second kappa shape index (κ2) is 11.2. The minimum Gasteiger partial charge on any atom is -0.450 e. The molecule has 1 heterocycles. The minimum atomic E-state index is -0.620. The van der Waals surface area contributed by atoms with Gasteiger partial charge in [0.05, 0.1) is 6.61 Å². The fraction of sp³-hybridized carbons (Fsp3) is 0.652. The Morgan fingerprint density at radius 1 is 1.14 bits per heavy atom. The van der Waals surface area contributed by atoms with Crippen molar-refractivity contribution in [1.29, 1.82) is 0 Å². The molecule has 3 unspecified atom stereocenters. The number of hydrogen-bond donors (Lipinski definition) is 2. The highest BCUT2D eigenvalue weighted by molar-refractivity contribution is 5.85. The molecule has 2 N–H and O–H groups in total. The molecule has 0 bridgehead atoms. The summed E-state index contributed by atoms with van der Waals surface area (Å²) in [6.45, 7) is 14.0. The van der Waals surface area contributed by atoms with Crippen molar-refractivity contribution in [2.75, 3.05) is 19.7 Å². The van der Waals surface area contributed by atoms with E-state index >= 15 is 0 Å². The lowest BCUT2D eigenvalue weighted by Gasteiger charge is -2.35. The van der Waals surface area contributed by atoms with Gasteiger partial charge < -0.3 is 15.4 Å². The molecular formula is C23H37N3O3. The first kappa shape index (κ1) is 23.2. The summed E-state index contributed by atoms with van der Waals surface area (Å²) >= 11 is 0. The number of carbonyl (C=O) groups is 2. The molecule has 1 aliphatic heterocycles. The second-order valence-corrected chi connectivity index (χ2v) is 8.71. The van der Waals surface area contributed by atoms with Crippen LogP contribution in [0.25, 0.3) is 0 Å². The van der Waals surface area contributed by atoms with Crippen LogP contribution in [0.5, 0.6) is 0 Å². The highest BCUT2D eigenvalue weighted by atomic mass is 16.5. The second-order valence-electron chi connectivity index (χ2n) is 8.71. The quantitative estimate of drug-likeness (QED) is 0.696. The van der Waals surface area contributed by atoms with Crippen molar-refractivity contribution in [3.63, 3.8) is 0 Å². The van der Waals surface area contributed by atoms with Gasteiger partial charge in [0.2, 0.25) is 5.91 Å². The first-order valence-electron chi connectivity index (χ1n) is 10.8. The molecule has 29 heavy (non-hydrogen) atoms. The number of likely N-dealkylation sites (tertiary alicyclic amines) is 1. The van der Waals surface area contributed by atoms with Gasteiger partial charge in [0, 0.05) is 26.2 Å². The van der Waals surface area contributed by atoms with Crippen LogP contribution in [-0.4, -0.2) is 42.6 Å². The molecule has 1 aromatic carbocycles. The van der Waals surface area contributed by atoms with Gasteiger partial charge >= 0.3 is 6.09 Å². The number of carbonyl (C=O) groups excluding carboxylic acids is 2. The van der Waals surface area contributed by atoms with Crippen LogP contribution in [0, 0.1) is 17.8 Å². The number of hydrogen-bond acceptors (Lipinski definition) is 4. The number of rotatable bonds is 8. The first-order valence-corrected chi connectivity index (χ1v) is 10.8. The predicted octanol–water partition coefficient (Wildman–Crippen LogP) is 3.55. The smallest absolute Gasteiger partial charge is 0.407 e. The van der Waals surface area contributed by atoms with Crippen molar-refractivity contribution in [1.82, 2.24) is 15.5 Å². The molecule has 0 spiro atoms. The highest BCUT2D eigenvalue weighted by Crippen LogP contribution is 2.23. The maximum Gasteiger partial charge on any atom is 0.407 e. The Morgan fingerprint density at radius 2 is 1.76 bits per heavy atom. The third kappa shape index (κ3) is 7.35. The third-order valence-electron chi connectivity index (χ3n) is 5.41. The lowest BCUT2D eigenvalue weighted by atomic mass is 9.91. The third-order valence-corrected chi connectivity index (χ3v) is 5.41. The number of benzene rings is 1. The van der Waals surface area contributed by atoms with Gasteiger partial charge in [-0.2, -0.15) is 0 Å². The van der Waals surface area contributed by atoms with Gasteiger partial charge in [-0.15, -0.1) is 0 Å². The summed E-state index contributed by atoms with van der Waals surface area (Å²) in [6.07, 6.45) is 0.730. The Bertz CT molecular complexity index is 667. The molecule has 0 radical (unpaired) electrons. The van der Waals surface area contributed by atoms with Crippen LogP contribution in [0.3, 0.4) is 0 Å².